The van der Waals surface area contributed by atoms with E-state index >= 15 is 0 Å². The van der Waals surface area contributed by atoms with Gasteiger partial charge in [0.15, 0.2) is 0 Å². The van der Waals surface area contributed by atoms with Gasteiger partial charge in [0.25, 0.3) is 0 Å². The van der Waals surface area contributed by atoms with Crippen molar-refractivity contribution >= 4 is 0 Å². The number of hydrogen-bond donors (Lipinski definition) is 2. The highest BCUT2D eigenvalue weighted by Gasteiger charge is 2.30. The molecule has 37 heavy (non-hydrogen) atoms. The van der Waals surface area contributed by atoms with Crippen LogP contribution in [0.15, 0.2) is 72.8 Å². The molecule has 0 aliphatic carbocycles. The maximum absolute atomic E-state index is 11.0. The molecule has 0 unspecified atom stereocenters. The molecule has 0 amide bonds. The lowest BCUT2D eigenvalue weighted by Crippen LogP contribution is -2.45. The lowest BCUT2D eigenvalue weighted by Gasteiger charge is -2.30. The molecule has 0 radical (unpaired) electrons. The summed E-state index contributed by atoms with van der Waals surface area (Å²) in [6, 6.07) is 22.4. The molecule has 8 heteroatoms. The van der Waals surface area contributed by atoms with E-state index in [0.29, 0.717) is 6.61 Å². The molecule has 0 fully saturated rings. The Labute approximate surface area is 218 Å². The molecular formula is C29H36O8. The summed E-state index contributed by atoms with van der Waals surface area (Å²) < 4.78 is 33.4. The van der Waals surface area contributed by atoms with E-state index in [-0.39, 0.29) is 26.4 Å². The molecule has 3 rings (SSSR count). The molecule has 0 aliphatic rings. The van der Waals surface area contributed by atoms with Crippen LogP contribution in [-0.2, 0) is 34.0 Å². The first-order valence-electron chi connectivity index (χ1n) is 12.0. The standard InChI is InChI=1S/C29H36O8/c1-32-24-10-4-21(5-11-24)17-35-20-27(31)29(37-19-23-8-14-26(34-3)15-9-23)28(16-30)36-18-22-6-12-25(33-2)13-7-22/h4-15,27-31H,16-20H2,1-3H3/t27-,28+,29+/m0/s1. The average Bonchev–Trinajstić information content (AvgIpc) is 2.95. The van der Waals surface area contributed by atoms with Crippen LogP contribution < -0.4 is 14.2 Å². The van der Waals surface area contributed by atoms with E-state index in [9.17, 15) is 10.2 Å². The normalized spacial score (nSPS) is 13.5. The minimum absolute atomic E-state index is 0.00169. The molecule has 0 aliphatic heterocycles. The predicted molar refractivity (Wildman–Crippen MR) is 139 cm³/mol. The third-order valence-corrected chi connectivity index (χ3v) is 5.87. The molecular weight excluding hydrogens is 476 g/mol. The zero-order chi connectivity index (χ0) is 26.5. The van der Waals surface area contributed by atoms with Crippen molar-refractivity contribution in [2.24, 2.45) is 0 Å². The van der Waals surface area contributed by atoms with Crippen LogP contribution in [-0.4, -0.2) is 63.1 Å². The molecule has 2 N–H and O–H groups in total. The van der Waals surface area contributed by atoms with Crippen LogP contribution in [0.4, 0.5) is 0 Å². The molecule has 0 heterocycles. The van der Waals surface area contributed by atoms with Crippen molar-refractivity contribution < 1.29 is 38.6 Å². The number of benzene rings is 3. The fraction of sp³-hybridized carbons (Fsp3) is 0.379. The lowest BCUT2D eigenvalue weighted by atomic mass is 10.1. The molecule has 0 bridgehead atoms. The molecule has 3 aromatic carbocycles. The van der Waals surface area contributed by atoms with Crippen LogP contribution in [0, 0.1) is 0 Å². The summed E-state index contributed by atoms with van der Waals surface area (Å²) in [6.45, 7) is 0.424. The molecule has 3 atom stereocenters. The summed E-state index contributed by atoms with van der Waals surface area (Å²) >= 11 is 0. The van der Waals surface area contributed by atoms with Crippen LogP contribution >= 0.6 is 0 Å². The van der Waals surface area contributed by atoms with Gasteiger partial charge in [0.2, 0.25) is 0 Å². The van der Waals surface area contributed by atoms with Gasteiger partial charge in [-0.1, -0.05) is 36.4 Å². The summed E-state index contributed by atoms with van der Waals surface area (Å²) in [5.41, 5.74) is 2.74. The average molecular weight is 513 g/mol. The highest BCUT2D eigenvalue weighted by atomic mass is 16.6. The molecule has 0 aromatic heterocycles. The van der Waals surface area contributed by atoms with Crippen molar-refractivity contribution in [3.8, 4) is 17.2 Å². The second kappa shape index (κ2) is 15.2. The van der Waals surface area contributed by atoms with Crippen molar-refractivity contribution in [2.45, 2.75) is 38.1 Å². The van der Waals surface area contributed by atoms with E-state index in [2.05, 4.69) is 0 Å². The van der Waals surface area contributed by atoms with Gasteiger partial charge >= 0.3 is 0 Å². The van der Waals surface area contributed by atoms with E-state index in [4.69, 9.17) is 28.4 Å². The first-order chi connectivity index (χ1) is 18.1. The van der Waals surface area contributed by atoms with E-state index < -0.39 is 18.3 Å². The van der Waals surface area contributed by atoms with Gasteiger partial charge in [-0.2, -0.15) is 0 Å². The molecule has 200 valence electrons. The number of aliphatic hydroxyl groups excluding tert-OH is 2. The molecule has 8 nitrogen and oxygen atoms in total. The van der Waals surface area contributed by atoms with Crippen LogP contribution in [0.5, 0.6) is 17.2 Å². The minimum atomic E-state index is -1.04. The quantitative estimate of drug-likeness (QED) is 0.300. The van der Waals surface area contributed by atoms with E-state index in [1.165, 1.54) is 0 Å². The van der Waals surface area contributed by atoms with Gasteiger partial charge in [0.1, 0.15) is 35.6 Å². The van der Waals surface area contributed by atoms with Crippen molar-refractivity contribution in [3.05, 3.63) is 89.5 Å². The zero-order valence-electron chi connectivity index (χ0n) is 21.5. The second-order valence-corrected chi connectivity index (χ2v) is 8.43. The summed E-state index contributed by atoms with van der Waals surface area (Å²) in [5.74, 6) is 2.24. The highest BCUT2D eigenvalue weighted by Crippen LogP contribution is 2.19. The zero-order valence-corrected chi connectivity index (χ0v) is 21.5. The van der Waals surface area contributed by atoms with E-state index in [0.717, 1.165) is 33.9 Å². The molecule has 0 saturated heterocycles. The first kappa shape index (κ1) is 28.4. The third-order valence-electron chi connectivity index (χ3n) is 5.87. The monoisotopic (exact) mass is 512 g/mol. The van der Waals surface area contributed by atoms with Gasteiger partial charge in [0.05, 0.1) is 54.4 Å². The van der Waals surface area contributed by atoms with Crippen LogP contribution in [0.3, 0.4) is 0 Å². The Morgan fingerprint density at radius 2 is 1.00 bits per heavy atom. The van der Waals surface area contributed by atoms with Crippen LogP contribution in [0.2, 0.25) is 0 Å². The minimum Gasteiger partial charge on any atom is -0.497 e. The summed E-state index contributed by atoms with van der Waals surface area (Å²) in [7, 11) is 4.83. The van der Waals surface area contributed by atoms with Gasteiger partial charge in [-0.05, 0) is 53.1 Å². The Balaban J connectivity index is 1.63. The Bertz CT molecular complexity index is 1020. The summed E-state index contributed by atoms with van der Waals surface area (Å²) in [5, 5.41) is 21.1. The lowest BCUT2D eigenvalue weighted by molar-refractivity contribution is -0.157. The summed E-state index contributed by atoms with van der Waals surface area (Å²) in [6.07, 6.45) is -2.65. The van der Waals surface area contributed by atoms with Crippen LogP contribution in [0.1, 0.15) is 16.7 Å². The Kier molecular flexibility index (Phi) is 11.7. The first-order valence-corrected chi connectivity index (χ1v) is 12.0. The Hall–Kier alpha value is -3.14. The Morgan fingerprint density at radius 3 is 1.41 bits per heavy atom. The number of hydrogen-bond acceptors (Lipinski definition) is 8. The maximum Gasteiger partial charge on any atom is 0.118 e. The van der Waals surface area contributed by atoms with Crippen molar-refractivity contribution in [1.82, 2.24) is 0 Å². The largest absolute Gasteiger partial charge is 0.497 e. The van der Waals surface area contributed by atoms with E-state index in [1.807, 2.05) is 72.8 Å². The van der Waals surface area contributed by atoms with E-state index in [1.54, 1.807) is 21.3 Å². The number of ether oxygens (including phenoxy) is 6. The van der Waals surface area contributed by atoms with Gasteiger partial charge in [-0.25, -0.2) is 0 Å². The van der Waals surface area contributed by atoms with Crippen molar-refractivity contribution in [2.75, 3.05) is 34.5 Å². The van der Waals surface area contributed by atoms with Gasteiger partial charge in [-0.15, -0.1) is 0 Å². The smallest absolute Gasteiger partial charge is 0.118 e. The number of rotatable bonds is 16. The Morgan fingerprint density at radius 1 is 0.595 bits per heavy atom. The fourth-order valence-corrected chi connectivity index (χ4v) is 3.67. The fourth-order valence-electron chi connectivity index (χ4n) is 3.67. The second-order valence-electron chi connectivity index (χ2n) is 8.43. The van der Waals surface area contributed by atoms with Crippen LogP contribution in [0.25, 0.3) is 0 Å². The molecule has 3 aromatic rings. The molecule has 0 saturated carbocycles. The number of methoxy groups -OCH3 is 3. The van der Waals surface area contributed by atoms with Crippen molar-refractivity contribution in [1.29, 1.82) is 0 Å². The van der Waals surface area contributed by atoms with Crippen molar-refractivity contribution in [3.63, 3.8) is 0 Å². The molecule has 0 spiro atoms. The maximum atomic E-state index is 11.0. The SMILES string of the molecule is COc1ccc(COC[C@H](O)[C@@H](OCc2ccc(OC)cc2)[C@@H](CO)OCc2ccc(OC)cc2)cc1. The predicted octanol–water partition coefficient (Wildman–Crippen LogP) is 3.75. The highest BCUT2D eigenvalue weighted by molar-refractivity contribution is 5.28. The number of aliphatic hydroxyl groups is 2. The summed E-state index contributed by atoms with van der Waals surface area (Å²) in [4.78, 5) is 0. The van der Waals surface area contributed by atoms with Gasteiger partial charge < -0.3 is 38.6 Å². The third kappa shape index (κ3) is 9.03. The van der Waals surface area contributed by atoms with Gasteiger partial charge in [-0.3, -0.25) is 0 Å². The van der Waals surface area contributed by atoms with Gasteiger partial charge in [0, 0.05) is 0 Å². The topological polar surface area (TPSA) is 95.8 Å².